The lowest BCUT2D eigenvalue weighted by Gasteiger charge is -2.34. The minimum atomic E-state index is -3.71. The summed E-state index contributed by atoms with van der Waals surface area (Å²) >= 11 is 1.40. The molecule has 12 heteroatoms. The number of hydrogen-bond acceptors (Lipinski definition) is 8. The van der Waals surface area contributed by atoms with Gasteiger partial charge in [-0.15, -0.1) is 11.3 Å². The molecule has 5 rings (SSSR count). The van der Waals surface area contributed by atoms with Crippen molar-refractivity contribution < 1.29 is 22.7 Å². The van der Waals surface area contributed by atoms with Crippen molar-refractivity contribution in [1.82, 2.24) is 18.8 Å². The first-order chi connectivity index (χ1) is 15.9. The number of carbonyl (C=O) groups is 1. The van der Waals surface area contributed by atoms with Crippen LogP contribution >= 0.6 is 11.3 Å². The maximum atomic E-state index is 13.1. The zero-order valence-electron chi connectivity index (χ0n) is 17.7. The monoisotopic (exact) mass is 490 g/mol. The van der Waals surface area contributed by atoms with Crippen LogP contribution in [-0.4, -0.2) is 72.5 Å². The quantitative estimate of drug-likeness (QED) is 0.528. The SMILES string of the molecule is O=C(CCn1cnc2sccc2c1=O)N1CCN(S(=O)(=O)c2ccc3c(c2)OCCO3)CC1. The maximum Gasteiger partial charge on any atom is 0.262 e. The van der Waals surface area contributed by atoms with E-state index in [1.54, 1.807) is 17.0 Å². The highest BCUT2D eigenvalue weighted by molar-refractivity contribution is 7.89. The Balaban J connectivity index is 1.20. The first-order valence-electron chi connectivity index (χ1n) is 10.5. The number of amides is 1. The van der Waals surface area contributed by atoms with Crippen LogP contribution in [0.4, 0.5) is 0 Å². The fraction of sp³-hybridized carbons (Fsp3) is 0.381. The van der Waals surface area contributed by atoms with Crippen LogP contribution in [0.25, 0.3) is 10.2 Å². The number of piperazine rings is 1. The molecule has 0 saturated carbocycles. The number of fused-ring (bicyclic) bond motifs is 2. The summed E-state index contributed by atoms with van der Waals surface area (Å²) in [7, 11) is -3.71. The average molecular weight is 491 g/mol. The fourth-order valence-electron chi connectivity index (χ4n) is 3.94. The Bertz CT molecular complexity index is 1360. The van der Waals surface area contributed by atoms with E-state index in [0.717, 1.165) is 0 Å². The Morgan fingerprint density at radius 2 is 1.82 bits per heavy atom. The lowest BCUT2D eigenvalue weighted by atomic mass is 10.3. The van der Waals surface area contributed by atoms with Crippen molar-refractivity contribution in [2.45, 2.75) is 17.9 Å². The number of carbonyl (C=O) groups excluding carboxylic acids is 1. The smallest absolute Gasteiger partial charge is 0.262 e. The number of nitrogens with zero attached hydrogens (tertiary/aromatic N) is 4. The van der Waals surface area contributed by atoms with Crippen LogP contribution in [0.1, 0.15) is 6.42 Å². The highest BCUT2D eigenvalue weighted by Crippen LogP contribution is 2.33. The third-order valence-electron chi connectivity index (χ3n) is 5.76. The highest BCUT2D eigenvalue weighted by Gasteiger charge is 2.31. The van der Waals surface area contributed by atoms with E-state index in [1.165, 1.54) is 38.7 Å². The lowest BCUT2D eigenvalue weighted by molar-refractivity contribution is -0.132. The molecule has 174 valence electrons. The van der Waals surface area contributed by atoms with Crippen molar-refractivity contribution in [3.63, 3.8) is 0 Å². The molecule has 0 atom stereocenters. The Kier molecular flexibility index (Phi) is 5.81. The first-order valence-corrected chi connectivity index (χ1v) is 12.9. The van der Waals surface area contributed by atoms with E-state index < -0.39 is 10.0 Å². The van der Waals surface area contributed by atoms with Crippen LogP contribution in [-0.2, 0) is 21.4 Å². The van der Waals surface area contributed by atoms with E-state index in [9.17, 15) is 18.0 Å². The third kappa shape index (κ3) is 4.21. The van der Waals surface area contributed by atoms with Crippen LogP contribution < -0.4 is 15.0 Å². The van der Waals surface area contributed by atoms with Crippen LogP contribution in [0, 0.1) is 0 Å². The molecule has 0 aliphatic carbocycles. The first kappa shape index (κ1) is 21.9. The highest BCUT2D eigenvalue weighted by atomic mass is 32.2. The number of thiophene rings is 1. The van der Waals surface area contributed by atoms with Crippen molar-refractivity contribution in [2.75, 3.05) is 39.4 Å². The summed E-state index contributed by atoms with van der Waals surface area (Å²) in [4.78, 5) is 31.9. The van der Waals surface area contributed by atoms with E-state index in [1.807, 2.05) is 5.38 Å². The molecular weight excluding hydrogens is 468 g/mol. The molecule has 2 aliphatic rings. The summed E-state index contributed by atoms with van der Waals surface area (Å²) in [5, 5.41) is 2.36. The van der Waals surface area contributed by atoms with Gasteiger partial charge in [-0.3, -0.25) is 14.2 Å². The predicted octanol–water partition coefficient (Wildman–Crippen LogP) is 1.15. The van der Waals surface area contributed by atoms with Crippen LogP contribution in [0.3, 0.4) is 0 Å². The predicted molar refractivity (Wildman–Crippen MR) is 121 cm³/mol. The van der Waals surface area contributed by atoms with Crippen molar-refractivity contribution in [2.24, 2.45) is 0 Å². The van der Waals surface area contributed by atoms with Gasteiger partial charge in [0.1, 0.15) is 18.0 Å². The molecule has 2 aromatic heterocycles. The molecule has 0 radical (unpaired) electrons. The molecule has 0 unspecified atom stereocenters. The summed E-state index contributed by atoms with van der Waals surface area (Å²) in [6.07, 6.45) is 1.61. The maximum absolute atomic E-state index is 13.1. The minimum Gasteiger partial charge on any atom is -0.486 e. The molecule has 0 bridgehead atoms. The van der Waals surface area contributed by atoms with Gasteiger partial charge in [0.05, 0.1) is 16.6 Å². The number of sulfonamides is 1. The van der Waals surface area contributed by atoms with Gasteiger partial charge in [-0.25, -0.2) is 13.4 Å². The largest absolute Gasteiger partial charge is 0.486 e. The van der Waals surface area contributed by atoms with E-state index in [4.69, 9.17) is 9.47 Å². The molecule has 0 spiro atoms. The molecule has 3 aromatic rings. The number of aryl methyl sites for hydroxylation is 1. The average Bonchev–Trinajstić information content (AvgIpc) is 3.33. The Hall–Kier alpha value is -2.96. The second-order valence-corrected chi connectivity index (χ2v) is 10.6. The van der Waals surface area contributed by atoms with Gasteiger partial charge < -0.3 is 14.4 Å². The van der Waals surface area contributed by atoms with Crippen LogP contribution in [0.5, 0.6) is 11.5 Å². The molecule has 1 aromatic carbocycles. The van der Waals surface area contributed by atoms with Gasteiger partial charge in [0, 0.05) is 45.2 Å². The Morgan fingerprint density at radius 1 is 1.06 bits per heavy atom. The molecular formula is C21H22N4O6S2. The zero-order valence-corrected chi connectivity index (χ0v) is 19.3. The molecule has 0 N–H and O–H groups in total. The Morgan fingerprint density at radius 3 is 2.61 bits per heavy atom. The molecule has 1 amide bonds. The summed E-state index contributed by atoms with van der Waals surface area (Å²) in [5.41, 5.74) is -0.163. The molecule has 2 aliphatic heterocycles. The van der Waals surface area contributed by atoms with E-state index >= 15 is 0 Å². The summed E-state index contributed by atoms with van der Waals surface area (Å²) in [6.45, 7) is 2.02. The number of ether oxygens (including phenoxy) is 2. The van der Waals surface area contributed by atoms with Crippen molar-refractivity contribution in [3.05, 3.63) is 46.3 Å². The van der Waals surface area contributed by atoms with E-state index in [0.29, 0.717) is 48.0 Å². The zero-order chi connectivity index (χ0) is 23.0. The second kappa shape index (κ2) is 8.76. The number of benzene rings is 1. The summed E-state index contributed by atoms with van der Waals surface area (Å²) in [6, 6.07) is 6.33. The van der Waals surface area contributed by atoms with Crippen molar-refractivity contribution in [3.8, 4) is 11.5 Å². The number of rotatable bonds is 5. The molecule has 33 heavy (non-hydrogen) atoms. The van der Waals surface area contributed by atoms with Gasteiger partial charge in [0.2, 0.25) is 15.9 Å². The fourth-order valence-corrected chi connectivity index (χ4v) is 6.10. The number of aromatic nitrogens is 2. The standard InChI is InChI=1S/C21H22N4O6S2/c26-19(3-5-24-14-22-20-16(21(24)27)4-12-32-20)23-6-8-25(9-7-23)33(28,29)15-1-2-17-18(13-15)31-11-10-30-17/h1-2,4,12-14H,3,5-11H2. The third-order valence-corrected chi connectivity index (χ3v) is 8.48. The molecule has 1 fully saturated rings. The summed E-state index contributed by atoms with van der Waals surface area (Å²) in [5.74, 6) is 0.827. The van der Waals surface area contributed by atoms with Crippen molar-refractivity contribution in [1.29, 1.82) is 0 Å². The van der Waals surface area contributed by atoms with Crippen LogP contribution in [0.2, 0.25) is 0 Å². The van der Waals surface area contributed by atoms with Gasteiger partial charge >= 0.3 is 0 Å². The van der Waals surface area contributed by atoms with Gasteiger partial charge in [-0.1, -0.05) is 0 Å². The minimum absolute atomic E-state index is 0.122. The van der Waals surface area contributed by atoms with Gasteiger partial charge in [0.15, 0.2) is 11.5 Å². The normalized spacial score (nSPS) is 16.8. The molecule has 10 nitrogen and oxygen atoms in total. The van der Waals surface area contributed by atoms with Gasteiger partial charge in [-0.2, -0.15) is 4.31 Å². The molecule has 1 saturated heterocycles. The topological polar surface area (TPSA) is 111 Å². The number of hydrogen-bond donors (Lipinski definition) is 0. The van der Waals surface area contributed by atoms with E-state index in [-0.39, 0.29) is 42.4 Å². The van der Waals surface area contributed by atoms with E-state index in [2.05, 4.69) is 4.98 Å². The van der Waals surface area contributed by atoms with Gasteiger partial charge in [0.25, 0.3) is 5.56 Å². The Labute approximate surface area is 194 Å². The van der Waals surface area contributed by atoms with Gasteiger partial charge in [-0.05, 0) is 23.6 Å². The lowest BCUT2D eigenvalue weighted by Crippen LogP contribution is -2.50. The second-order valence-electron chi connectivity index (χ2n) is 7.72. The van der Waals surface area contributed by atoms with Crippen molar-refractivity contribution >= 4 is 37.5 Å². The molecule has 4 heterocycles. The van der Waals surface area contributed by atoms with Crippen LogP contribution in [0.15, 0.2) is 45.7 Å². The summed E-state index contributed by atoms with van der Waals surface area (Å²) < 4.78 is 39.9.